The number of benzene rings is 1. The van der Waals surface area contributed by atoms with Crippen molar-refractivity contribution in [3.63, 3.8) is 0 Å². The summed E-state index contributed by atoms with van der Waals surface area (Å²) in [5.41, 5.74) is 0.598. The molecule has 1 aliphatic heterocycles. The molecule has 1 aromatic carbocycles. The molecule has 0 unspecified atom stereocenters. The molecular weight excluding hydrogens is 356 g/mol. The standard InChI is InChI=1S/C21H26N4O3/c1-2-28-18-8-6-16(7-9-18)19(26)10-11-20(27)24-17-5-3-14-25(15-17)21-22-12-4-13-23-21/h4,6-9,12-13,17H,2-3,5,10-11,14-15H2,1H3,(H,24,27)/t17-/m0/s1. The Labute approximate surface area is 165 Å². The number of nitrogens with one attached hydrogen (secondary N) is 1. The van der Waals surface area contributed by atoms with Crippen LogP contribution in [0.4, 0.5) is 5.95 Å². The summed E-state index contributed by atoms with van der Waals surface area (Å²) in [6.45, 7) is 4.06. The highest BCUT2D eigenvalue weighted by Gasteiger charge is 2.23. The average Bonchev–Trinajstić information content (AvgIpc) is 2.74. The lowest BCUT2D eigenvalue weighted by molar-refractivity contribution is -0.121. The smallest absolute Gasteiger partial charge is 0.225 e. The Bertz CT molecular complexity index is 780. The Kier molecular flexibility index (Phi) is 6.94. The van der Waals surface area contributed by atoms with Gasteiger partial charge in [-0.2, -0.15) is 0 Å². The van der Waals surface area contributed by atoms with Crippen LogP contribution in [-0.4, -0.2) is 47.4 Å². The predicted octanol–water partition coefficient (Wildman–Crippen LogP) is 2.62. The van der Waals surface area contributed by atoms with Gasteiger partial charge in [0.15, 0.2) is 5.78 Å². The quantitative estimate of drug-likeness (QED) is 0.707. The summed E-state index contributed by atoms with van der Waals surface area (Å²) in [7, 11) is 0. The van der Waals surface area contributed by atoms with Gasteiger partial charge < -0.3 is 15.0 Å². The first-order chi connectivity index (χ1) is 13.7. The maximum Gasteiger partial charge on any atom is 0.225 e. The SMILES string of the molecule is CCOc1ccc(C(=O)CCC(=O)N[C@H]2CCCN(c3ncccn3)C2)cc1. The molecule has 1 aromatic heterocycles. The van der Waals surface area contributed by atoms with E-state index in [1.54, 1.807) is 42.7 Å². The number of hydrogen-bond acceptors (Lipinski definition) is 6. The summed E-state index contributed by atoms with van der Waals surface area (Å²) in [6, 6.07) is 8.87. The highest BCUT2D eigenvalue weighted by molar-refractivity contribution is 5.98. The van der Waals surface area contributed by atoms with E-state index in [0.717, 1.165) is 25.1 Å². The summed E-state index contributed by atoms with van der Waals surface area (Å²) >= 11 is 0. The third-order valence-electron chi connectivity index (χ3n) is 4.69. The van der Waals surface area contributed by atoms with Crippen molar-refractivity contribution in [2.45, 2.75) is 38.6 Å². The van der Waals surface area contributed by atoms with E-state index in [1.807, 2.05) is 6.92 Å². The molecule has 148 valence electrons. The Morgan fingerprint density at radius 1 is 1.18 bits per heavy atom. The fourth-order valence-electron chi connectivity index (χ4n) is 3.31. The number of ether oxygens (including phenoxy) is 1. The molecule has 3 rings (SSSR count). The van der Waals surface area contributed by atoms with Crippen molar-refractivity contribution in [2.75, 3.05) is 24.6 Å². The van der Waals surface area contributed by atoms with Crippen molar-refractivity contribution in [3.8, 4) is 5.75 Å². The summed E-state index contributed by atoms with van der Waals surface area (Å²) in [5.74, 6) is 1.29. The maximum atomic E-state index is 12.3. The molecule has 0 radical (unpaired) electrons. The number of amides is 1. The summed E-state index contributed by atoms with van der Waals surface area (Å²) in [6.07, 6.45) is 5.70. The van der Waals surface area contributed by atoms with Gasteiger partial charge in [0, 0.05) is 49.9 Å². The number of carbonyl (C=O) groups is 2. The molecule has 0 spiro atoms. The minimum atomic E-state index is -0.0971. The first-order valence-electron chi connectivity index (χ1n) is 9.73. The van der Waals surface area contributed by atoms with Crippen molar-refractivity contribution in [3.05, 3.63) is 48.3 Å². The number of piperidine rings is 1. The van der Waals surface area contributed by atoms with Crippen molar-refractivity contribution < 1.29 is 14.3 Å². The highest BCUT2D eigenvalue weighted by Crippen LogP contribution is 2.16. The second kappa shape index (κ2) is 9.82. The van der Waals surface area contributed by atoms with Crippen LogP contribution >= 0.6 is 0 Å². The van der Waals surface area contributed by atoms with Crippen LogP contribution < -0.4 is 15.0 Å². The zero-order valence-corrected chi connectivity index (χ0v) is 16.1. The van der Waals surface area contributed by atoms with Crippen LogP contribution in [0.1, 0.15) is 43.0 Å². The number of Topliss-reactive ketones (excluding diaryl/α,β-unsaturated/α-hetero) is 1. The van der Waals surface area contributed by atoms with Crippen LogP contribution in [0.2, 0.25) is 0 Å². The lowest BCUT2D eigenvalue weighted by Gasteiger charge is -2.33. The van der Waals surface area contributed by atoms with E-state index in [9.17, 15) is 9.59 Å². The number of aromatic nitrogens is 2. The van der Waals surface area contributed by atoms with E-state index in [0.29, 0.717) is 24.7 Å². The molecule has 2 heterocycles. The Morgan fingerprint density at radius 2 is 1.93 bits per heavy atom. The molecule has 0 bridgehead atoms. The molecule has 0 aliphatic carbocycles. The van der Waals surface area contributed by atoms with Crippen LogP contribution in [0.5, 0.6) is 5.75 Å². The molecule has 2 aromatic rings. The molecule has 28 heavy (non-hydrogen) atoms. The second-order valence-corrected chi connectivity index (χ2v) is 6.78. The van der Waals surface area contributed by atoms with E-state index in [1.165, 1.54) is 0 Å². The van der Waals surface area contributed by atoms with Crippen LogP contribution in [0.25, 0.3) is 0 Å². The lowest BCUT2D eigenvalue weighted by atomic mass is 10.0. The maximum absolute atomic E-state index is 12.3. The number of nitrogens with zero attached hydrogens (tertiary/aromatic N) is 3. The van der Waals surface area contributed by atoms with Gasteiger partial charge in [-0.25, -0.2) is 9.97 Å². The van der Waals surface area contributed by atoms with Gasteiger partial charge in [-0.15, -0.1) is 0 Å². The van der Waals surface area contributed by atoms with Crippen molar-refractivity contribution in [1.82, 2.24) is 15.3 Å². The van der Waals surface area contributed by atoms with E-state index in [4.69, 9.17) is 4.74 Å². The molecule has 1 saturated heterocycles. The number of anilines is 1. The van der Waals surface area contributed by atoms with E-state index < -0.39 is 0 Å². The van der Waals surface area contributed by atoms with E-state index in [-0.39, 0.29) is 30.6 Å². The fraction of sp³-hybridized carbons (Fsp3) is 0.429. The van der Waals surface area contributed by atoms with Crippen LogP contribution in [-0.2, 0) is 4.79 Å². The van der Waals surface area contributed by atoms with Gasteiger partial charge in [0.2, 0.25) is 11.9 Å². The van der Waals surface area contributed by atoms with Gasteiger partial charge in [0.25, 0.3) is 0 Å². The fourth-order valence-corrected chi connectivity index (χ4v) is 3.31. The molecular formula is C21H26N4O3. The minimum Gasteiger partial charge on any atom is -0.494 e. The second-order valence-electron chi connectivity index (χ2n) is 6.78. The van der Waals surface area contributed by atoms with Gasteiger partial charge in [-0.3, -0.25) is 9.59 Å². The summed E-state index contributed by atoms with van der Waals surface area (Å²) < 4.78 is 5.38. The minimum absolute atomic E-state index is 0.0406. The van der Waals surface area contributed by atoms with Crippen molar-refractivity contribution >= 4 is 17.6 Å². The number of rotatable bonds is 8. The molecule has 7 heteroatoms. The van der Waals surface area contributed by atoms with Crippen molar-refractivity contribution in [2.24, 2.45) is 0 Å². The molecule has 1 amide bonds. The van der Waals surface area contributed by atoms with Gasteiger partial charge in [0.05, 0.1) is 6.61 Å². The van der Waals surface area contributed by atoms with Crippen LogP contribution in [0.15, 0.2) is 42.7 Å². The van der Waals surface area contributed by atoms with Crippen molar-refractivity contribution in [1.29, 1.82) is 0 Å². The molecule has 1 fully saturated rings. The Morgan fingerprint density at radius 3 is 2.64 bits per heavy atom. The highest BCUT2D eigenvalue weighted by atomic mass is 16.5. The Hall–Kier alpha value is -2.96. The average molecular weight is 382 g/mol. The van der Waals surface area contributed by atoms with Crippen LogP contribution in [0, 0.1) is 0 Å². The molecule has 1 aliphatic rings. The van der Waals surface area contributed by atoms with Gasteiger partial charge in [-0.1, -0.05) is 0 Å². The summed E-state index contributed by atoms with van der Waals surface area (Å²) in [5, 5.41) is 3.04. The Balaban J connectivity index is 1.45. The number of ketones is 1. The van der Waals surface area contributed by atoms with Gasteiger partial charge in [0.1, 0.15) is 5.75 Å². The summed E-state index contributed by atoms with van der Waals surface area (Å²) in [4.78, 5) is 35.2. The zero-order chi connectivity index (χ0) is 19.8. The van der Waals surface area contributed by atoms with Crippen LogP contribution in [0.3, 0.4) is 0 Å². The van der Waals surface area contributed by atoms with Gasteiger partial charge >= 0.3 is 0 Å². The number of carbonyl (C=O) groups excluding carboxylic acids is 2. The van der Waals surface area contributed by atoms with E-state index in [2.05, 4.69) is 20.2 Å². The first-order valence-corrected chi connectivity index (χ1v) is 9.73. The molecule has 7 nitrogen and oxygen atoms in total. The zero-order valence-electron chi connectivity index (χ0n) is 16.1. The predicted molar refractivity (Wildman–Crippen MR) is 107 cm³/mol. The molecule has 0 saturated carbocycles. The normalized spacial score (nSPS) is 16.5. The van der Waals surface area contributed by atoms with Gasteiger partial charge in [-0.05, 0) is 50.1 Å². The topological polar surface area (TPSA) is 84.4 Å². The molecule has 1 N–H and O–H groups in total. The third-order valence-corrected chi connectivity index (χ3v) is 4.69. The first kappa shape index (κ1) is 19.8. The lowest BCUT2D eigenvalue weighted by Crippen LogP contribution is -2.48. The monoisotopic (exact) mass is 382 g/mol. The van der Waals surface area contributed by atoms with E-state index >= 15 is 0 Å². The number of hydrogen-bond donors (Lipinski definition) is 1. The third kappa shape index (κ3) is 5.52. The molecule has 1 atom stereocenters. The largest absolute Gasteiger partial charge is 0.494 e.